The maximum atomic E-state index is 13.2. The van der Waals surface area contributed by atoms with Crippen LogP contribution in [0.3, 0.4) is 0 Å². The molecule has 3 aromatic rings. The third-order valence-electron chi connectivity index (χ3n) is 5.12. The molecule has 4 rings (SSSR count). The predicted octanol–water partition coefficient (Wildman–Crippen LogP) is 3.88. The van der Waals surface area contributed by atoms with Crippen molar-refractivity contribution in [2.45, 2.75) is 39.3 Å². The fraction of sp³-hybridized carbons (Fsp3) is 0.304. The van der Waals surface area contributed by atoms with E-state index < -0.39 is 12.0 Å². The zero-order chi connectivity index (χ0) is 21.6. The van der Waals surface area contributed by atoms with Crippen LogP contribution in [0.5, 0.6) is 5.75 Å². The van der Waals surface area contributed by atoms with Crippen molar-refractivity contribution in [2.75, 3.05) is 11.9 Å². The molecule has 2 aromatic carbocycles. The third-order valence-corrected chi connectivity index (χ3v) is 5.12. The molecule has 1 aliphatic rings. The van der Waals surface area contributed by atoms with Gasteiger partial charge in [-0.3, -0.25) is 0 Å². The molecule has 0 aliphatic carbocycles. The lowest BCUT2D eigenvalue weighted by Gasteiger charge is -2.28. The number of carbonyl (C=O) groups excluding carboxylic acids is 1. The molecule has 1 atom stereocenters. The first-order valence-electron chi connectivity index (χ1n) is 10.4. The van der Waals surface area contributed by atoms with Crippen molar-refractivity contribution in [1.29, 1.82) is 0 Å². The van der Waals surface area contributed by atoms with Crippen LogP contribution < -0.4 is 10.1 Å². The van der Waals surface area contributed by atoms with E-state index in [1.54, 1.807) is 4.68 Å². The van der Waals surface area contributed by atoms with Crippen molar-refractivity contribution in [3.63, 3.8) is 0 Å². The standard InChI is InChI=1S/C23H25N5O3/c1-3-4-14-30-19-13-9-8-12-18(19)21-20(16(2)24-23-25-26-27-28(21)23)22(29)31-15-17-10-6-5-7-11-17/h5-13,21H,3-4,14-15H2,1-2H3,(H,24,25,27). The van der Waals surface area contributed by atoms with Gasteiger partial charge in [-0.2, -0.15) is 4.68 Å². The van der Waals surface area contributed by atoms with Gasteiger partial charge in [0.15, 0.2) is 0 Å². The number of tetrazole rings is 1. The number of hydrogen-bond donors (Lipinski definition) is 1. The molecule has 0 fully saturated rings. The van der Waals surface area contributed by atoms with E-state index in [1.807, 2.05) is 61.5 Å². The third kappa shape index (κ3) is 4.42. The van der Waals surface area contributed by atoms with E-state index in [-0.39, 0.29) is 6.61 Å². The number of fused-ring (bicyclic) bond motifs is 1. The molecule has 0 saturated carbocycles. The number of carbonyl (C=O) groups is 1. The molecule has 0 bridgehead atoms. The van der Waals surface area contributed by atoms with Crippen molar-refractivity contribution >= 4 is 11.9 Å². The number of ether oxygens (including phenoxy) is 2. The summed E-state index contributed by atoms with van der Waals surface area (Å²) in [5.74, 6) is 0.735. The van der Waals surface area contributed by atoms with E-state index in [4.69, 9.17) is 9.47 Å². The minimum Gasteiger partial charge on any atom is -0.493 e. The molecule has 0 spiro atoms. The number of allylic oxidation sites excluding steroid dienone is 1. The number of anilines is 1. The molecule has 0 amide bonds. The van der Waals surface area contributed by atoms with Gasteiger partial charge in [0.25, 0.3) is 0 Å². The average Bonchev–Trinajstić information content (AvgIpc) is 3.26. The maximum Gasteiger partial charge on any atom is 0.338 e. The fourth-order valence-corrected chi connectivity index (χ4v) is 3.53. The highest BCUT2D eigenvalue weighted by Crippen LogP contribution is 2.39. The van der Waals surface area contributed by atoms with E-state index in [0.717, 1.165) is 24.0 Å². The molecular formula is C23H25N5O3. The monoisotopic (exact) mass is 419 g/mol. The van der Waals surface area contributed by atoms with E-state index in [2.05, 4.69) is 27.8 Å². The Balaban J connectivity index is 1.68. The van der Waals surface area contributed by atoms with Crippen LogP contribution in [-0.4, -0.2) is 32.8 Å². The SMILES string of the molecule is CCCCOc1ccccc1C1C(C(=O)OCc2ccccc2)=C(C)Nc2nnnn21. The minimum absolute atomic E-state index is 0.181. The van der Waals surface area contributed by atoms with Gasteiger partial charge in [0.2, 0.25) is 5.95 Å². The summed E-state index contributed by atoms with van der Waals surface area (Å²) in [4.78, 5) is 13.2. The first-order chi connectivity index (χ1) is 15.2. The van der Waals surface area contributed by atoms with Crippen molar-refractivity contribution < 1.29 is 14.3 Å². The normalized spacial score (nSPS) is 15.2. The van der Waals surface area contributed by atoms with Gasteiger partial charge in [-0.05, 0) is 35.4 Å². The molecule has 1 aliphatic heterocycles. The summed E-state index contributed by atoms with van der Waals surface area (Å²) in [6, 6.07) is 16.7. The number of esters is 1. The van der Waals surface area contributed by atoms with Gasteiger partial charge in [-0.1, -0.05) is 67.0 Å². The van der Waals surface area contributed by atoms with Crippen molar-refractivity contribution in [2.24, 2.45) is 0 Å². The molecular weight excluding hydrogens is 394 g/mol. The number of hydrogen-bond acceptors (Lipinski definition) is 7. The molecule has 160 valence electrons. The summed E-state index contributed by atoms with van der Waals surface area (Å²) in [5.41, 5.74) is 2.82. The average molecular weight is 419 g/mol. The van der Waals surface area contributed by atoms with Crippen LogP contribution in [0.25, 0.3) is 0 Å². The van der Waals surface area contributed by atoms with Gasteiger partial charge in [0.05, 0.1) is 12.2 Å². The van der Waals surface area contributed by atoms with E-state index in [9.17, 15) is 4.79 Å². The molecule has 8 nitrogen and oxygen atoms in total. The van der Waals surface area contributed by atoms with Gasteiger partial charge in [-0.15, -0.1) is 0 Å². The van der Waals surface area contributed by atoms with Gasteiger partial charge in [-0.25, -0.2) is 4.79 Å². The minimum atomic E-state index is -0.563. The van der Waals surface area contributed by atoms with Gasteiger partial charge in [0, 0.05) is 11.3 Å². The first kappa shape index (κ1) is 20.6. The summed E-state index contributed by atoms with van der Waals surface area (Å²) < 4.78 is 13.3. The molecule has 0 radical (unpaired) electrons. The van der Waals surface area contributed by atoms with Crippen LogP contribution in [-0.2, 0) is 16.1 Å². The molecule has 8 heteroatoms. The smallest absolute Gasteiger partial charge is 0.338 e. The summed E-state index contributed by atoms with van der Waals surface area (Å²) >= 11 is 0. The Kier molecular flexibility index (Phi) is 6.26. The number of para-hydroxylation sites is 1. The predicted molar refractivity (Wildman–Crippen MR) is 115 cm³/mol. The Hall–Kier alpha value is -3.68. The number of nitrogens with zero attached hydrogens (tertiary/aromatic N) is 4. The summed E-state index contributed by atoms with van der Waals surface area (Å²) in [7, 11) is 0. The van der Waals surface area contributed by atoms with Crippen LogP contribution in [0.15, 0.2) is 65.9 Å². The highest BCUT2D eigenvalue weighted by Gasteiger charge is 2.36. The number of rotatable bonds is 8. The molecule has 31 heavy (non-hydrogen) atoms. The summed E-state index contributed by atoms with van der Waals surface area (Å²) in [6.07, 6.45) is 1.97. The second-order valence-electron chi connectivity index (χ2n) is 7.31. The Bertz CT molecular complexity index is 1080. The van der Waals surface area contributed by atoms with Gasteiger partial charge < -0.3 is 14.8 Å². The Labute approximate surface area is 180 Å². The number of nitrogens with one attached hydrogen (secondary N) is 1. The number of aromatic nitrogens is 4. The fourth-order valence-electron chi connectivity index (χ4n) is 3.53. The maximum absolute atomic E-state index is 13.2. The highest BCUT2D eigenvalue weighted by molar-refractivity contribution is 5.92. The lowest BCUT2D eigenvalue weighted by atomic mass is 9.95. The van der Waals surface area contributed by atoms with Crippen molar-refractivity contribution in [1.82, 2.24) is 20.2 Å². The lowest BCUT2D eigenvalue weighted by molar-refractivity contribution is -0.140. The lowest BCUT2D eigenvalue weighted by Crippen LogP contribution is -2.30. The number of unbranched alkanes of at least 4 members (excludes halogenated alkanes) is 1. The van der Waals surface area contributed by atoms with Gasteiger partial charge in [0.1, 0.15) is 18.4 Å². The summed E-state index contributed by atoms with van der Waals surface area (Å²) in [5, 5.41) is 15.1. The Morgan fingerprint density at radius 3 is 2.71 bits per heavy atom. The van der Waals surface area contributed by atoms with Crippen LogP contribution in [0.4, 0.5) is 5.95 Å². The Morgan fingerprint density at radius 2 is 1.90 bits per heavy atom. The second-order valence-corrected chi connectivity index (χ2v) is 7.31. The highest BCUT2D eigenvalue weighted by atomic mass is 16.5. The van der Waals surface area contributed by atoms with Gasteiger partial charge >= 0.3 is 5.97 Å². The molecule has 1 N–H and O–H groups in total. The summed E-state index contributed by atoms with van der Waals surface area (Å²) in [6.45, 7) is 4.71. The van der Waals surface area contributed by atoms with Crippen molar-refractivity contribution in [3.8, 4) is 5.75 Å². The quantitative estimate of drug-likeness (QED) is 0.437. The van der Waals surface area contributed by atoms with Crippen LogP contribution in [0.2, 0.25) is 0 Å². The molecule has 0 saturated heterocycles. The van der Waals surface area contributed by atoms with Crippen LogP contribution in [0, 0.1) is 0 Å². The molecule has 2 heterocycles. The van der Waals surface area contributed by atoms with Crippen LogP contribution in [0.1, 0.15) is 43.9 Å². The van der Waals surface area contributed by atoms with E-state index >= 15 is 0 Å². The van der Waals surface area contributed by atoms with E-state index in [0.29, 0.717) is 29.6 Å². The molecule has 1 unspecified atom stereocenters. The van der Waals surface area contributed by atoms with E-state index in [1.165, 1.54) is 0 Å². The second kappa shape index (κ2) is 9.42. The van der Waals surface area contributed by atoms with Crippen molar-refractivity contribution in [3.05, 3.63) is 77.0 Å². The van der Waals surface area contributed by atoms with Crippen LogP contribution >= 0.6 is 0 Å². The Morgan fingerprint density at radius 1 is 1.13 bits per heavy atom. The number of benzene rings is 2. The largest absolute Gasteiger partial charge is 0.493 e. The first-order valence-corrected chi connectivity index (χ1v) is 10.4. The topological polar surface area (TPSA) is 91.2 Å². The zero-order valence-corrected chi connectivity index (χ0v) is 17.6. The zero-order valence-electron chi connectivity index (χ0n) is 17.6. The molecule has 1 aromatic heterocycles.